The van der Waals surface area contributed by atoms with Gasteiger partial charge in [0.15, 0.2) is 0 Å². The molecule has 1 unspecified atom stereocenters. The fourth-order valence-electron chi connectivity index (χ4n) is 1.91. The van der Waals surface area contributed by atoms with Gasteiger partial charge in [0.05, 0.1) is 16.7 Å². The number of anilines is 2. The van der Waals surface area contributed by atoms with Crippen molar-refractivity contribution in [1.29, 1.82) is 0 Å². The van der Waals surface area contributed by atoms with E-state index in [1.165, 1.54) is 11.8 Å². The lowest BCUT2D eigenvalue weighted by Crippen LogP contribution is -2.36. The molecule has 2 amide bonds. The smallest absolute Gasteiger partial charge is 0.251 e. The Kier molecular flexibility index (Phi) is 7.16. The number of thioether (sulfide) groups is 1. The van der Waals surface area contributed by atoms with Crippen molar-refractivity contribution in [2.75, 3.05) is 16.5 Å². The second-order valence-electron chi connectivity index (χ2n) is 5.49. The molecule has 0 bridgehead atoms. The first kappa shape index (κ1) is 19.1. The Balaban J connectivity index is 1.73. The molecule has 0 fully saturated rings. The summed E-state index contributed by atoms with van der Waals surface area (Å²) in [4.78, 5) is 24.0. The third-order valence-corrected chi connectivity index (χ3v) is 4.70. The quantitative estimate of drug-likeness (QED) is 0.641. The Morgan fingerprint density at radius 3 is 2.52 bits per heavy atom. The van der Waals surface area contributed by atoms with Gasteiger partial charge in [-0.1, -0.05) is 35.4 Å². The fraction of sp³-hybridized carbons (Fsp3) is 0.222. The summed E-state index contributed by atoms with van der Waals surface area (Å²) >= 11 is 7.14. The summed E-state index contributed by atoms with van der Waals surface area (Å²) in [5.41, 5.74) is 7.97. The third-order valence-electron chi connectivity index (χ3n) is 3.32. The van der Waals surface area contributed by atoms with Crippen LogP contribution in [0.4, 0.5) is 11.4 Å². The largest absolute Gasteiger partial charge is 0.325 e. The number of aryl methyl sites for hydroxylation is 1. The molecule has 0 spiro atoms. The number of carbonyl (C=O) groups excluding carboxylic acids is 2. The molecule has 0 saturated heterocycles. The first-order valence-corrected chi connectivity index (χ1v) is 9.16. The van der Waals surface area contributed by atoms with Crippen LogP contribution in [0.25, 0.3) is 0 Å². The van der Waals surface area contributed by atoms with Crippen LogP contribution in [-0.2, 0) is 9.59 Å². The van der Waals surface area contributed by atoms with Gasteiger partial charge in [-0.2, -0.15) is 0 Å². The van der Waals surface area contributed by atoms with E-state index in [4.69, 9.17) is 11.6 Å². The van der Waals surface area contributed by atoms with Gasteiger partial charge in [-0.25, -0.2) is 0 Å². The van der Waals surface area contributed by atoms with Gasteiger partial charge in [-0.3, -0.25) is 20.4 Å². The summed E-state index contributed by atoms with van der Waals surface area (Å²) < 4.78 is 0. The van der Waals surface area contributed by atoms with Crippen LogP contribution in [0.5, 0.6) is 0 Å². The molecule has 0 aliphatic carbocycles. The highest BCUT2D eigenvalue weighted by Gasteiger charge is 2.15. The summed E-state index contributed by atoms with van der Waals surface area (Å²) in [6.45, 7) is 3.73. The van der Waals surface area contributed by atoms with E-state index in [2.05, 4.69) is 16.2 Å². The van der Waals surface area contributed by atoms with Gasteiger partial charge in [0.1, 0.15) is 0 Å². The molecule has 2 aromatic carbocycles. The average Bonchev–Trinajstić information content (AvgIpc) is 2.59. The van der Waals surface area contributed by atoms with Gasteiger partial charge in [0, 0.05) is 10.7 Å². The number of hydrogen-bond donors (Lipinski definition) is 3. The Bertz CT molecular complexity index is 737. The minimum atomic E-state index is -0.379. The monoisotopic (exact) mass is 377 g/mol. The molecule has 0 aromatic heterocycles. The zero-order valence-electron chi connectivity index (χ0n) is 14.0. The molecule has 2 aromatic rings. The molecule has 3 N–H and O–H groups in total. The minimum absolute atomic E-state index is 0.142. The van der Waals surface area contributed by atoms with Crippen molar-refractivity contribution in [3.63, 3.8) is 0 Å². The average molecular weight is 378 g/mol. The van der Waals surface area contributed by atoms with Gasteiger partial charge in [-0.05, 0) is 44.2 Å². The standard InChI is InChI=1S/C18H20ClN3O2S/c1-12-6-8-15(9-7-12)20-17(23)11-25-13(2)18(24)22-21-16-5-3-4-14(19)10-16/h3-10,13,21H,11H2,1-2H3,(H,20,23)(H,22,24). The second kappa shape index (κ2) is 9.34. The van der Waals surface area contributed by atoms with E-state index in [0.29, 0.717) is 10.7 Å². The predicted molar refractivity (Wildman–Crippen MR) is 105 cm³/mol. The molecule has 0 saturated carbocycles. The van der Waals surface area contributed by atoms with Crippen LogP contribution in [-0.4, -0.2) is 22.8 Å². The molecule has 5 nitrogen and oxygen atoms in total. The molecular weight excluding hydrogens is 358 g/mol. The van der Waals surface area contributed by atoms with Crippen LogP contribution >= 0.6 is 23.4 Å². The highest BCUT2D eigenvalue weighted by Crippen LogP contribution is 2.15. The van der Waals surface area contributed by atoms with Crippen molar-refractivity contribution in [2.24, 2.45) is 0 Å². The Morgan fingerprint density at radius 1 is 1.12 bits per heavy atom. The fourth-order valence-corrected chi connectivity index (χ4v) is 2.79. The van der Waals surface area contributed by atoms with E-state index in [-0.39, 0.29) is 22.8 Å². The van der Waals surface area contributed by atoms with E-state index in [9.17, 15) is 9.59 Å². The van der Waals surface area contributed by atoms with Crippen molar-refractivity contribution >= 4 is 46.6 Å². The van der Waals surface area contributed by atoms with Crippen molar-refractivity contribution in [1.82, 2.24) is 5.43 Å². The normalized spacial score (nSPS) is 11.5. The summed E-state index contributed by atoms with van der Waals surface area (Å²) in [7, 11) is 0. The number of hydrogen-bond acceptors (Lipinski definition) is 4. The highest BCUT2D eigenvalue weighted by molar-refractivity contribution is 8.01. The zero-order valence-corrected chi connectivity index (χ0v) is 15.6. The van der Waals surface area contributed by atoms with Crippen molar-refractivity contribution in [2.45, 2.75) is 19.1 Å². The maximum Gasteiger partial charge on any atom is 0.251 e. The van der Waals surface area contributed by atoms with E-state index >= 15 is 0 Å². The van der Waals surface area contributed by atoms with E-state index in [0.717, 1.165) is 11.3 Å². The zero-order chi connectivity index (χ0) is 18.2. The number of carbonyl (C=O) groups is 2. The SMILES string of the molecule is Cc1ccc(NC(=O)CSC(C)C(=O)NNc2cccc(Cl)c2)cc1. The lowest BCUT2D eigenvalue weighted by atomic mass is 10.2. The van der Waals surface area contributed by atoms with Crippen LogP contribution in [0.15, 0.2) is 48.5 Å². The first-order valence-electron chi connectivity index (χ1n) is 7.73. The van der Waals surface area contributed by atoms with Crippen LogP contribution in [0, 0.1) is 6.92 Å². The van der Waals surface area contributed by atoms with Gasteiger partial charge < -0.3 is 5.32 Å². The molecule has 2 rings (SSSR count). The van der Waals surface area contributed by atoms with Gasteiger partial charge in [0.25, 0.3) is 5.91 Å². The number of hydrazine groups is 1. The van der Waals surface area contributed by atoms with Crippen LogP contribution < -0.4 is 16.2 Å². The number of halogens is 1. The molecule has 1 atom stereocenters. The van der Waals surface area contributed by atoms with Crippen molar-refractivity contribution in [3.05, 3.63) is 59.1 Å². The van der Waals surface area contributed by atoms with Crippen molar-refractivity contribution < 1.29 is 9.59 Å². The Morgan fingerprint density at radius 2 is 1.84 bits per heavy atom. The van der Waals surface area contributed by atoms with E-state index in [1.54, 1.807) is 31.2 Å². The van der Waals surface area contributed by atoms with Crippen LogP contribution in [0.1, 0.15) is 12.5 Å². The molecule has 7 heteroatoms. The second-order valence-corrected chi connectivity index (χ2v) is 7.26. The molecule has 0 aliphatic rings. The van der Waals surface area contributed by atoms with E-state index < -0.39 is 0 Å². The Labute approximate surface area is 156 Å². The van der Waals surface area contributed by atoms with Crippen molar-refractivity contribution in [3.8, 4) is 0 Å². The van der Waals surface area contributed by atoms with Gasteiger partial charge in [-0.15, -0.1) is 11.8 Å². The summed E-state index contributed by atoms with van der Waals surface area (Å²) in [5, 5.41) is 3.00. The summed E-state index contributed by atoms with van der Waals surface area (Å²) in [6, 6.07) is 14.6. The lowest BCUT2D eigenvalue weighted by Gasteiger charge is -2.13. The van der Waals surface area contributed by atoms with Crippen LogP contribution in [0.3, 0.4) is 0 Å². The number of rotatable bonds is 7. The summed E-state index contributed by atoms with van der Waals surface area (Å²) in [6.07, 6.45) is 0. The number of benzene rings is 2. The van der Waals surface area contributed by atoms with Crippen LogP contribution in [0.2, 0.25) is 5.02 Å². The third kappa shape index (κ3) is 6.68. The number of amides is 2. The molecular formula is C18H20ClN3O2S. The Hall–Kier alpha value is -2.18. The first-order chi connectivity index (χ1) is 11.9. The number of nitrogens with one attached hydrogen (secondary N) is 3. The molecule has 0 radical (unpaired) electrons. The lowest BCUT2D eigenvalue weighted by molar-refractivity contribution is -0.119. The molecule has 25 heavy (non-hydrogen) atoms. The predicted octanol–water partition coefficient (Wildman–Crippen LogP) is 3.85. The highest BCUT2D eigenvalue weighted by atomic mass is 35.5. The molecule has 0 heterocycles. The topological polar surface area (TPSA) is 70.2 Å². The van der Waals surface area contributed by atoms with E-state index in [1.807, 2.05) is 31.2 Å². The minimum Gasteiger partial charge on any atom is -0.325 e. The molecule has 132 valence electrons. The maximum atomic E-state index is 12.1. The summed E-state index contributed by atoms with van der Waals surface area (Å²) in [5.74, 6) is -0.163. The maximum absolute atomic E-state index is 12.1. The van der Waals surface area contributed by atoms with Gasteiger partial charge in [0.2, 0.25) is 5.91 Å². The van der Waals surface area contributed by atoms with Gasteiger partial charge >= 0.3 is 0 Å². The molecule has 0 aliphatic heterocycles.